The highest BCUT2D eigenvalue weighted by atomic mass is 35.5. The Labute approximate surface area is 204 Å². The number of anilines is 1. The summed E-state index contributed by atoms with van der Waals surface area (Å²) in [5, 5.41) is 9.94. The number of benzene rings is 2. The number of ether oxygens (including phenoxy) is 3. The molecular formula is C24H20ClF2N3O5. The lowest BCUT2D eigenvalue weighted by Crippen LogP contribution is -2.40. The van der Waals surface area contributed by atoms with Gasteiger partial charge in [0.25, 0.3) is 6.43 Å². The first-order chi connectivity index (χ1) is 16.7. The van der Waals surface area contributed by atoms with Crippen LogP contribution in [0.1, 0.15) is 11.5 Å². The van der Waals surface area contributed by atoms with E-state index in [-0.39, 0.29) is 39.1 Å². The summed E-state index contributed by atoms with van der Waals surface area (Å²) in [4.78, 5) is 27.1. The summed E-state index contributed by atoms with van der Waals surface area (Å²) in [6.45, 7) is -0.873. The standard InChI is InChI=1S/C24H20ClF2N3O5/c1-33-23(31)20-19(13-6-4-3-5-7-13)15(11-28)22(29)30(21(20)24(32)34-2)14-8-9-17(16(25)10-14)35-12-18(26)27/h3-10,18-19H,12,29H2,1-2H3. The number of allylic oxidation sites excluding steroid dienone is 1. The zero-order chi connectivity index (χ0) is 25.7. The fraction of sp³-hybridized carbons (Fsp3) is 0.208. The first kappa shape index (κ1) is 25.5. The number of rotatable bonds is 7. The normalized spacial score (nSPS) is 15.7. The van der Waals surface area contributed by atoms with Crippen LogP contribution < -0.4 is 15.4 Å². The molecule has 1 heterocycles. The number of nitriles is 1. The van der Waals surface area contributed by atoms with E-state index < -0.39 is 30.9 Å². The van der Waals surface area contributed by atoms with E-state index in [0.29, 0.717) is 5.56 Å². The zero-order valence-corrected chi connectivity index (χ0v) is 19.4. The van der Waals surface area contributed by atoms with Crippen molar-refractivity contribution in [1.82, 2.24) is 0 Å². The molecule has 182 valence electrons. The van der Waals surface area contributed by atoms with Gasteiger partial charge in [-0.2, -0.15) is 5.26 Å². The Morgan fingerprint density at radius 1 is 1.14 bits per heavy atom. The summed E-state index contributed by atoms with van der Waals surface area (Å²) >= 11 is 6.22. The molecule has 0 fully saturated rings. The second-order valence-electron chi connectivity index (χ2n) is 7.15. The minimum Gasteiger partial charge on any atom is -0.486 e. The molecule has 1 atom stereocenters. The van der Waals surface area contributed by atoms with Crippen LogP contribution in [0.2, 0.25) is 5.02 Å². The van der Waals surface area contributed by atoms with Crippen molar-refractivity contribution >= 4 is 29.2 Å². The fourth-order valence-corrected chi connectivity index (χ4v) is 3.91. The van der Waals surface area contributed by atoms with Crippen molar-refractivity contribution in [3.05, 3.63) is 81.8 Å². The smallest absolute Gasteiger partial charge is 0.355 e. The minimum absolute atomic E-state index is 0.0293. The van der Waals surface area contributed by atoms with Gasteiger partial charge in [0.2, 0.25) is 0 Å². The molecule has 0 aromatic heterocycles. The Morgan fingerprint density at radius 2 is 1.80 bits per heavy atom. The number of hydrogen-bond donors (Lipinski definition) is 1. The molecule has 2 N–H and O–H groups in total. The average Bonchev–Trinajstić information content (AvgIpc) is 2.86. The van der Waals surface area contributed by atoms with Crippen molar-refractivity contribution in [2.75, 3.05) is 25.7 Å². The highest BCUT2D eigenvalue weighted by Crippen LogP contribution is 2.44. The molecule has 2 aromatic carbocycles. The van der Waals surface area contributed by atoms with Gasteiger partial charge < -0.3 is 19.9 Å². The average molecular weight is 504 g/mol. The van der Waals surface area contributed by atoms with Crippen molar-refractivity contribution < 1.29 is 32.6 Å². The molecule has 0 amide bonds. The Balaban J connectivity index is 2.29. The number of alkyl halides is 2. The van der Waals surface area contributed by atoms with Gasteiger partial charge >= 0.3 is 11.9 Å². The molecule has 3 rings (SSSR count). The number of carbonyl (C=O) groups excluding carboxylic acids is 2. The largest absolute Gasteiger partial charge is 0.486 e. The number of nitrogens with zero attached hydrogens (tertiary/aromatic N) is 2. The quantitative estimate of drug-likeness (QED) is 0.566. The molecule has 1 unspecified atom stereocenters. The van der Waals surface area contributed by atoms with Gasteiger partial charge in [0.1, 0.15) is 23.9 Å². The second kappa shape index (κ2) is 10.9. The van der Waals surface area contributed by atoms with Gasteiger partial charge in [-0.15, -0.1) is 0 Å². The molecule has 2 aromatic rings. The van der Waals surface area contributed by atoms with Crippen molar-refractivity contribution in [2.45, 2.75) is 12.3 Å². The Hall–Kier alpha value is -4.10. The summed E-state index contributed by atoms with van der Waals surface area (Å²) in [5.41, 5.74) is 6.55. The highest BCUT2D eigenvalue weighted by Gasteiger charge is 2.43. The van der Waals surface area contributed by atoms with Crippen LogP contribution in [-0.4, -0.2) is 39.2 Å². The third kappa shape index (κ3) is 5.05. The number of carbonyl (C=O) groups is 2. The van der Waals surface area contributed by atoms with Crippen LogP contribution in [0.15, 0.2) is 71.2 Å². The third-order valence-corrected chi connectivity index (χ3v) is 5.44. The summed E-state index contributed by atoms with van der Waals surface area (Å²) < 4.78 is 39.9. The summed E-state index contributed by atoms with van der Waals surface area (Å²) in [7, 11) is 2.25. The van der Waals surface area contributed by atoms with E-state index in [1.165, 1.54) is 18.2 Å². The van der Waals surface area contributed by atoms with E-state index in [1.807, 2.05) is 6.07 Å². The number of esters is 2. The molecular weight excluding hydrogens is 484 g/mol. The lowest BCUT2D eigenvalue weighted by atomic mass is 9.81. The topological polar surface area (TPSA) is 115 Å². The Morgan fingerprint density at radius 3 is 2.34 bits per heavy atom. The van der Waals surface area contributed by atoms with Gasteiger partial charge in [0, 0.05) is 5.69 Å². The summed E-state index contributed by atoms with van der Waals surface area (Å²) in [6, 6.07) is 14.5. The number of halogens is 3. The van der Waals surface area contributed by atoms with Crippen molar-refractivity contribution in [1.29, 1.82) is 5.26 Å². The lowest BCUT2D eigenvalue weighted by Gasteiger charge is -2.36. The van der Waals surface area contributed by atoms with Crippen LogP contribution in [0.25, 0.3) is 0 Å². The molecule has 0 saturated carbocycles. The maximum Gasteiger partial charge on any atom is 0.355 e. The Kier molecular flexibility index (Phi) is 7.94. The van der Waals surface area contributed by atoms with E-state index in [4.69, 9.17) is 31.5 Å². The maximum atomic E-state index is 13.0. The third-order valence-electron chi connectivity index (χ3n) is 5.15. The van der Waals surface area contributed by atoms with Crippen molar-refractivity contribution in [3.8, 4) is 11.8 Å². The molecule has 11 heteroatoms. The Bertz CT molecular complexity index is 1240. The van der Waals surface area contributed by atoms with Crippen LogP contribution in [-0.2, 0) is 19.1 Å². The van der Waals surface area contributed by atoms with Crippen LogP contribution in [0.3, 0.4) is 0 Å². The van der Waals surface area contributed by atoms with Crippen LogP contribution in [0.4, 0.5) is 14.5 Å². The van der Waals surface area contributed by atoms with E-state index >= 15 is 0 Å². The number of nitrogens with two attached hydrogens (primary N) is 1. The van der Waals surface area contributed by atoms with Crippen molar-refractivity contribution in [2.24, 2.45) is 5.73 Å². The van der Waals surface area contributed by atoms with Gasteiger partial charge in [-0.3, -0.25) is 4.90 Å². The van der Waals surface area contributed by atoms with Gasteiger partial charge in [-0.25, -0.2) is 18.4 Å². The second-order valence-corrected chi connectivity index (χ2v) is 7.56. The SMILES string of the molecule is COC(=O)C1=C(C(=O)OC)N(c2ccc(OCC(F)F)c(Cl)c2)C(N)=C(C#N)C1c1ccccc1. The minimum atomic E-state index is -2.71. The monoisotopic (exact) mass is 503 g/mol. The predicted octanol–water partition coefficient (Wildman–Crippen LogP) is 3.88. The predicted molar refractivity (Wildman–Crippen MR) is 122 cm³/mol. The van der Waals surface area contributed by atoms with E-state index in [9.17, 15) is 23.6 Å². The maximum absolute atomic E-state index is 13.0. The fourth-order valence-electron chi connectivity index (χ4n) is 3.68. The molecule has 0 radical (unpaired) electrons. The van der Waals surface area contributed by atoms with Crippen molar-refractivity contribution in [3.63, 3.8) is 0 Å². The van der Waals surface area contributed by atoms with Crippen LogP contribution >= 0.6 is 11.6 Å². The van der Waals surface area contributed by atoms with Gasteiger partial charge in [-0.1, -0.05) is 41.9 Å². The van der Waals surface area contributed by atoms with Gasteiger partial charge in [0.05, 0.1) is 42.4 Å². The molecule has 1 aliphatic rings. The first-order valence-electron chi connectivity index (χ1n) is 10.1. The number of hydrogen-bond acceptors (Lipinski definition) is 8. The van der Waals surface area contributed by atoms with E-state index in [1.54, 1.807) is 30.3 Å². The van der Waals surface area contributed by atoms with E-state index in [2.05, 4.69) is 0 Å². The summed E-state index contributed by atoms with van der Waals surface area (Å²) in [5.74, 6) is -3.03. The highest BCUT2D eigenvalue weighted by molar-refractivity contribution is 6.32. The molecule has 1 aliphatic heterocycles. The van der Waals surface area contributed by atoms with Gasteiger partial charge in [0.15, 0.2) is 0 Å². The summed E-state index contributed by atoms with van der Waals surface area (Å²) in [6.07, 6.45) is -2.71. The lowest BCUT2D eigenvalue weighted by molar-refractivity contribution is -0.139. The molecule has 0 saturated heterocycles. The molecule has 0 bridgehead atoms. The van der Waals surface area contributed by atoms with E-state index in [0.717, 1.165) is 19.1 Å². The molecule has 35 heavy (non-hydrogen) atoms. The molecule has 0 aliphatic carbocycles. The zero-order valence-electron chi connectivity index (χ0n) is 18.6. The molecule has 0 spiro atoms. The van der Waals surface area contributed by atoms with Crippen LogP contribution in [0, 0.1) is 11.3 Å². The van der Waals surface area contributed by atoms with Crippen LogP contribution in [0.5, 0.6) is 5.75 Å². The first-order valence-corrected chi connectivity index (χ1v) is 10.5. The molecule has 8 nitrogen and oxygen atoms in total. The number of methoxy groups -OCH3 is 2. The van der Waals surface area contributed by atoms with Gasteiger partial charge in [-0.05, 0) is 23.8 Å².